The molecule has 5 nitrogen and oxygen atoms in total. The highest BCUT2D eigenvalue weighted by atomic mass is 35.5. The number of esters is 1. The molecule has 0 aromatic heterocycles. The molecule has 0 saturated carbocycles. The molecule has 0 radical (unpaired) electrons. The van der Waals surface area contributed by atoms with E-state index in [1.807, 2.05) is 0 Å². The van der Waals surface area contributed by atoms with Crippen molar-refractivity contribution < 1.29 is 14.3 Å². The van der Waals surface area contributed by atoms with Crippen LogP contribution in [-0.2, 0) is 9.53 Å². The molecule has 6 heteroatoms. The van der Waals surface area contributed by atoms with Crippen molar-refractivity contribution in [3.8, 4) is 6.07 Å². The van der Waals surface area contributed by atoms with Gasteiger partial charge >= 0.3 is 5.97 Å². The first-order chi connectivity index (χ1) is 8.60. The van der Waals surface area contributed by atoms with Crippen LogP contribution >= 0.6 is 11.6 Å². The summed E-state index contributed by atoms with van der Waals surface area (Å²) in [6.45, 7) is 1.87. The van der Waals surface area contributed by atoms with Crippen LogP contribution in [0.4, 0.5) is 5.69 Å². The van der Waals surface area contributed by atoms with E-state index in [1.54, 1.807) is 19.1 Å². The second-order valence-corrected chi connectivity index (χ2v) is 3.67. The average Bonchev–Trinajstić information content (AvgIpc) is 2.29. The number of ether oxygens (including phenoxy) is 1. The molecule has 1 rings (SSSR count). The van der Waals surface area contributed by atoms with Gasteiger partial charge in [-0.25, -0.2) is 4.79 Å². The Morgan fingerprint density at radius 1 is 1.50 bits per heavy atom. The van der Waals surface area contributed by atoms with Crippen molar-refractivity contribution >= 4 is 29.2 Å². The van der Waals surface area contributed by atoms with Crippen LogP contribution in [0.15, 0.2) is 18.2 Å². The molecule has 0 saturated heterocycles. The Bertz CT molecular complexity index is 509. The van der Waals surface area contributed by atoms with Crippen molar-refractivity contribution in [2.45, 2.75) is 13.3 Å². The van der Waals surface area contributed by atoms with Gasteiger partial charge in [0.05, 0.1) is 23.4 Å². The van der Waals surface area contributed by atoms with Gasteiger partial charge in [0, 0.05) is 0 Å². The zero-order valence-electron chi connectivity index (χ0n) is 9.70. The normalized spacial score (nSPS) is 9.39. The fourth-order valence-corrected chi connectivity index (χ4v) is 1.56. The summed E-state index contributed by atoms with van der Waals surface area (Å²) in [5.41, 5.74) is 0.327. The first-order valence-electron chi connectivity index (χ1n) is 5.22. The van der Waals surface area contributed by atoms with E-state index in [0.29, 0.717) is 0 Å². The lowest BCUT2D eigenvalue weighted by Crippen LogP contribution is -2.15. The van der Waals surface area contributed by atoms with Gasteiger partial charge < -0.3 is 10.1 Å². The third-order valence-electron chi connectivity index (χ3n) is 2.01. The number of amides is 1. The second-order valence-electron chi connectivity index (χ2n) is 3.27. The fourth-order valence-electron chi connectivity index (χ4n) is 1.31. The summed E-state index contributed by atoms with van der Waals surface area (Å²) in [5, 5.41) is 11.0. The molecular weight excluding hydrogens is 256 g/mol. The van der Waals surface area contributed by atoms with Crippen molar-refractivity contribution in [1.82, 2.24) is 0 Å². The highest BCUT2D eigenvalue weighted by molar-refractivity contribution is 6.34. The highest BCUT2D eigenvalue weighted by Crippen LogP contribution is 2.25. The van der Waals surface area contributed by atoms with E-state index in [9.17, 15) is 9.59 Å². The summed E-state index contributed by atoms with van der Waals surface area (Å²) in [6, 6.07) is 6.35. The van der Waals surface area contributed by atoms with Crippen molar-refractivity contribution in [3.63, 3.8) is 0 Å². The molecule has 0 aliphatic rings. The summed E-state index contributed by atoms with van der Waals surface area (Å²) in [6.07, 6.45) is -0.297. The smallest absolute Gasteiger partial charge is 0.341 e. The van der Waals surface area contributed by atoms with Crippen LogP contribution in [0.25, 0.3) is 0 Å². The largest absolute Gasteiger partial charge is 0.462 e. The van der Waals surface area contributed by atoms with E-state index in [2.05, 4.69) is 5.32 Å². The Morgan fingerprint density at radius 2 is 2.22 bits per heavy atom. The minimum Gasteiger partial charge on any atom is -0.462 e. The zero-order chi connectivity index (χ0) is 13.5. The maximum Gasteiger partial charge on any atom is 0.341 e. The number of carbonyl (C=O) groups excluding carboxylic acids is 2. The fraction of sp³-hybridized carbons (Fsp3) is 0.250. The van der Waals surface area contributed by atoms with Crippen LogP contribution in [0.3, 0.4) is 0 Å². The molecule has 0 bridgehead atoms. The lowest BCUT2D eigenvalue weighted by Gasteiger charge is -2.10. The SMILES string of the molecule is CCOC(=O)c1c(Cl)cccc1NC(=O)CC#N. The zero-order valence-corrected chi connectivity index (χ0v) is 10.5. The summed E-state index contributed by atoms with van der Waals surface area (Å²) < 4.78 is 4.85. The molecule has 1 aromatic carbocycles. The number of carbonyl (C=O) groups is 2. The molecule has 94 valence electrons. The summed E-state index contributed by atoms with van der Waals surface area (Å²) in [4.78, 5) is 23.0. The van der Waals surface area contributed by atoms with E-state index in [4.69, 9.17) is 21.6 Å². The number of nitrogens with zero attached hydrogens (tertiary/aromatic N) is 1. The molecule has 0 atom stereocenters. The predicted molar refractivity (Wildman–Crippen MR) is 66.3 cm³/mol. The molecular formula is C12H11ClN2O3. The van der Waals surface area contributed by atoms with Gasteiger partial charge in [0.1, 0.15) is 12.0 Å². The first-order valence-corrected chi connectivity index (χ1v) is 5.60. The number of hydrogen-bond acceptors (Lipinski definition) is 4. The van der Waals surface area contributed by atoms with Crippen molar-refractivity contribution in [2.75, 3.05) is 11.9 Å². The standard InChI is InChI=1S/C12H11ClN2O3/c1-2-18-12(17)11-8(13)4-3-5-9(11)15-10(16)6-7-14/h3-5H,2,6H2,1H3,(H,15,16). The summed E-state index contributed by atoms with van der Waals surface area (Å²) in [5.74, 6) is -1.12. The number of rotatable bonds is 4. The quantitative estimate of drug-likeness (QED) is 0.849. The molecule has 0 spiro atoms. The number of halogens is 1. The van der Waals surface area contributed by atoms with E-state index in [1.165, 1.54) is 12.1 Å². The van der Waals surface area contributed by atoms with Crippen LogP contribution in [-0.4, -0.2) is 18.5 Å². The summed E-state index contributed by atoms with van der Waals surface area (Å²) >= 11 is 5.90. The molecule has 18 heavy (non-hydrogen) atoms. The third kappa shape index (κ3) is 3.47. The Morgan fingerprint density at radius 3 is 2.83 bits per heavy atom. The van der Waals surface area contributed by atoms with E-state index in [-0.39, 0.29) is 29.3 Å². The van der Waals surface area contributed by atoms with E-state index >= 15 is 0 Å². The maximum atomic E-state index is 11.7. The third-order valence-corrected chi connectivity index (χ3v) is 2.32. The Balaban J connectivity index is 3.05. The van der Waals surface area contributed by atoms with Crippen LogP contribution in [0.5, 0.6) is 0 Å². The van der Waals surface area contributed by atoms with Crippen molar-refractivity contribution in [3.05, 3.63) is 28.8 Å². The first kappa shape index (κ1) is 14.0. The number of nitrogens with one attached hydrogen (secondary N) is 1. The lowest BCUT2D eigenvalue weighted by atomic mass is 10.1. The van der Waals surface area contributed by atoms with E-state index < -0.39 is 11.9 Å². The van der Waals surface area contributed by atoms with Gasteiger partial charge in [-0.1, -0.05) is 17.7 Å². The number of nitriles is 1. The van der Waals surface area contributed by atoms with Gasteiger partial charge in [-0.05, 0) is 19.1 Å². The Kier molecular flexibility index (Phi) is 5.15. The lowest BCUT2D eigenvalue weighted by molar-refractivity contribution is -0.115. The molecule has 0 heterocycles. The maximum absolute atomic E-state index is 11.7. The minimum absolute atomic E-state index is 0.0901. The number of hydrogen-bond donors (Lipinski definition) is 1. The predicted octanol–water partition coefficient (Wildman–Crippen LogP) is 2.37. The molecule has 0 aliphatic heterocycles. The van der Waals surface area contributed by atoms with Crippen LogP contribution in [0.2, 0.25) is 5.02 Å². The van der Waals surface area contributed by atoms with Gasteiger partial charge in [0.25, 0.3) is 0 Å². The van der Waals surface area contributed by atoms with Gasteiger partial charge in [-0.15, -0.1) is 0 Å². The van der Waals surface area contributed by atoms with Gasteiger partial charge in [-0.2, -0.15) is 5.26 Å². The minimum atomic E-state index is -0.615. The Labute approximate surface area is 109 Å². The molecule has 1 amide bonds. The molecule has 1 aromatic rings. The molecule has 0 fully saturated rings. The molecule has 0 aliphatic carbocycles. The second kappa shape index (κ2) is 6.62. The van der Waals surface area contributed by atoms with Crippen LogP contribution in [0.1, 0.15) is 23.7 Å². The Hall–Kier alpha value is -2.06. The highest BCUT2D eigenvalue weighted by Gasteiger charge is 2.17. The molecule has 1 N–H and O–H groups in total. The molecule has 0 unspecified atom stereocenters. The van der Waals surface area contributed by atoms with E-state index in [0.717, 1.165) is 0 Å². The van der Waals surface area contributed by atoms with Crippen LogP contribution < -0.4 is 5.32 Å². The van der Waals surface area contributed by atoms with Gasteiger partial charge in [-0.3, -0.25) is 4.79 Å². The van der Waals surface area contributed by atoms with Crippen molar-refractivity contribution in [2.24, 2.45) is 0 Å². The van der Waals surface area contributed by atoms with Gasteiger partial charge in [0.2, 0.25) is 5.91 Å². The number of benzene rings is 1. The monoisotopic (exact) mass is 266 g/mol. The van der Waals surface area contributed by atoms with Gasteiger partial charge in [0.15, 0.2) is 0 Å². The van der Waals surface area contributed by atoms with Crippen molar-refractivity contribution in [1.29, 1.82) is 5.26 Å². The van der Waals surface area contributed by atoms with Crippen LogP contribution in [0, 0.1) is 11.3 Å². The summed E-state index contributed by atoms with van der Waals surface area (Å²) in [7, 11) is 0. The topological polar surface area (TPSA) is 79.2 Å². The average molecular weight is 267 g/mol. The number of anilines is 1.